The maximum absolute atomic E-state index is 8.19. The number of nitrogen functional groups attached to an aromatic ring is 1. The van der Waals surface area contributed by atoms with Crippen molar-refractivity contribution in [2.75, 3.05) is 5.73 Å². The lowest BCUT2D eigenvalue weighted by molar-refractivity contribution is 1.27. The third-order valence-electron chi connectivity index (χ3n) is 0.725. The molecule has 39 valence electrons. The number of hydrogen-bond acceptors (Lipinski definition) is 3. The third kappa shape index (κ3) is 0.500. The normalized spacial score (nSPS) is 8.38. The molecule has 4 nitrogen and oxygen atoms in total. The van der Waals surface area contributed by atoms with Gasteiger partial charge < -0.3 is 10.7 Å². The molecule has 1 radical (unpaired) electrons. The van der Waals surface area contributed by atoms with Gasteiger partial charge in [-0.1, -0.05) is 0 Å². The quantitative estimate of drug-likeness (QED) is 0.476. The summed E-state index contributed by atoms with van der Waals surface area (Å²) in [6.45, 7) is 0. The monoisotopic (exact) mass is 107 g/mol. The van der Waals surface area contributed by atoms with Crippen molar-refractivity contribution in [3.63, 3.8) is 0 Å². The van der Waals surface area contributed by atoms with Gasteiger partial charge in [0.2, 0.25) is 0 Å². The van der Waals surface area contributed by atoms with E-state index in [9.17, 15) is 0 Å². The number of anilines is 1. The second kappa shape index (κ2) is 1.54. The topological polar surface area (TPSA) is 78.5 Å². The van der Waals surface area contributed by atoms with Gasteiger partial charge in [-0.3, -0.25) is 0 Å². The lowest BCUT2D eigenvalue weighted by Gasteiger charge is -1.76. The minimum absolute atomic E-state index is 0.201. The van der Waals surface area contributed by atoms with E-state index in [1.54, 1.807) is 6.07 Å². The average Bonchev–Trinajstić information content (AvgIpc) is 2.14. The summed E-state index contributed by atoms with van der Waals surface area (Å²) in [7, 11) is 0. The van der Waals surface area contributed by atoms with Crippen molar-refractivity contribution >= 4 is 5.82 Å². The van der Waals surface area contributed by atoms with Gasteiger partial charge in [-0.05, 0) is 0 Å². The van der Waals surface area contributed by atoms with Crippen LogP contribution in [-0.2, 0) is 0 Å². The second-order valence-corrected chi connectivity index (χ2v) is 1.22. The number of H-pyrrole nitrogens is 1. The van der Waals surface area contributed by atoms with Crippen LogP contribution in [0.2, 0.25) is 0 Å². The predicted molar refractivity (Wildman–Crippen MR) is 26.6 cm³/mol. The highest BCUT2D eigenvalue weighted by Crippen LogP contribution is 1.98. The van der Waals surface area contributed by atoms with Gasteiger partial charge in [0.05, 0.1) is 0 Å². The molecule has 0 atom stereocenters. The number of aromatic nitrogens is 2. The van der Waals surface area contributed by atoms with Crippen LogP contribution in [0.4, 0.5) is 5.82 Å². The van der Waals surface area contributed by atoms with Crippen LogP contribution in [0.15, 0.2) is 0 Å². The molecule has 0 fully saturated rings. The summed E-state index contributed by atoms with van der Waals surface area (Å²) in [5.41, 5.74) is 5.42. The van der Waals surface area contributed by atoms with Gasteiger partial charge >= 0.3 is 0 Å². The van der Waals surface area contributed by atoms with Crippen molar-refractivity contribution in [2.45, 2.75) is 0 Å². The van der Waals surface area contributed by atoms with Gasteiger partial charge in [0, 0.05) is 0 Å². The van der Waals surface area contributed by atoms with Crippen LogP contribution in [0, 0.1) is 17.7 Å². The molecule has 0 aromatic carbocycles. The Kier molecular flexibility index (Phi) is 0.897. The van der Waals surface area contributed by atoms with Gasteiger partial charge in [0.25, 0.3) is 0 Å². The van der Waals surface area contributed by atoms with Crippen LogP contribution >= 0.6 is 0 Å². The fraction of sp³-hybridized carbons (Fsp3) is 0. The number of nitrogens with two attached hydrogens (primary N) is 1. The molecule has 8 heavy (non-hydrogen) atoms. The summed E-state index contributed by atoms with van der Waals surface area (Å²) < 4.78 is 0. The van der Waals surface area contributed by atoms with Crippen molar-refractivity contribution in [1.82, 2.24) is 9.97 Å². The first-order valence-electron chi connectivity index (χ1n) is 1.96. The van der Waals surface area contributed by atoms with Gasteiger partial charge in [-0.25, -0.2) is 4.98 Å². The first kappa shape index (κ1) is 4.65. The largest absolute Gasteiger partial charge is 0.381 e. The molecule has 1 aromatic rings. The van der Waals surface area contributed by atoms with E-state index in [2.05, 4.69) is 16.3 Å². The van der Waals surface area contributed by atoms with Crippen LogP contribution < -0.4 is 5.73 Å². The Bertz CT molecular complexity index is 218. The number of aromatic amines is 1. The van der Waals surface area contributed by atoms with Crippen LogP contribution in [0.3, 0.4) is 0 Å². The molecule has 1 aromatic heterocycles. The number of rotatable bonds is 0. The highest BCUT2D eigenvalue weighted by Gasteiger charge is 1.95. The van der Waals surface area contributed by atoms with E-state index in [1.807, 2.05) is 0 Å². The molecular weight excluding hydrogens is 104 g/mol. The van der Waals surface area contributed by atoms with Crippen LogP contribution in [0.25, 0.3) is 0 Å². The molecule has 0 saturated carbocycles. The molecule has 1 heterocycles. The summed E-state index contributed by atoms with van der Waals surface area (Å²) in [5.74, 6) is 0.201. The lowest BCUT2D eigenvalue weighted by atomic mass is 10.5. The molecule has 3 N–H and O–H groups in total. The highest BCUT2D eigenvalue weighted by molar-refractivity contribution is 5.42. The Morgan fingerprint density at radius 2 is 2.62 bits per heavy atom. The van der Waals surface area contributed by atoms with E-state index >= 15 is 0 Å². The minimum atomic E-state index is 0.201. The molecule has 0 amide bonds. The van der Waals surface area contributed by atoms with Crippen LogP contribution in [0.1, 0.15) is 5.69 Å². The Morgan fingerprint density at radius 3 is 2.88 bits per heavy atom. The standard InChI is InChI=1S/C4H3N4/c5-1-3-4(6)8-2-7-3/h6H2,(H,7,8). The van der Waals surface area contributed by atoms with Gasteiger partial charge in [0.1, 0.15) is 6.07 Å². The number of nitriles is 1. The Balaban J connectivity index is 3.15. The van der Waals surface area contributed by atoms with E-state index < -0.39 is 0 Å². The molecule has 0 saturated heterocycles. The van der Waals surface area contributed by atoms with Crippen molar-refractivity contribution < 1.29 is 0 Å². The molecule has 0 aliphatic heterocycles. The molecule has 0 unspecified atom stereocenters. The van der Waals surface area contributed by atoms with Gasteiger partial charge in [-0.15, -0.1) is 0 Å². The molecule has 0 spiro atoms. The van der Waals surface area contributed by atoms with E-state index in [4.69, 9.17) is 11.0 Å². The first-order chi connectivity index (χ1) is 3.84. The number of hydrogen-bond donors (Lipinski definition) is 2. The Morgan fingerprint density at radius 1 is 1.88 bits per heavy atom. The minimum Gasteiger partial charge on any atom is -0.381 e. The number of nitrogens with one attached hydrogen (secondary N) is 1. The summed E-state index contributed by atoms with van der Waals surface area (Å²) in [5, 5.41) is 8.19. The zero-order chi connectivity index (χ0) is 5.98. The number of imidazole rings is 1. The fourth-order valence-electron chi connectivity index (χ4n) is 0.349. The predicted octanol–water partition coefficient (Wildman–Crippen LogP) is -0.336. The lowest BCUT2D eigenvalue weighted by Crippen LogP contribution is -1.86. The van der Waals surface area contributed by atoms with Crippen molar-refractivity contribution in [2.24, 2.45) is 0 Å². The second-order valence-electron chi connectivity index (χ2n) is 1.22. The average molecular weight is 107 g/mol. The van der Waals surface area contributed by atoms with E-state index in [0.29, 0.717) is 0 Å². The SMILES string of the molecule is N#Cc1[nH][c]nc1N. The first-order valence-corrected chi connectivity index (χ1v) is 1.96. The zero-order valence-electron chi connectivity index (χ0n) is 3.97. The molecule has 0 aliphatic carbocycles. The molecular formula is C4H3N4. The van der Waals surface area contributed by atoms with Crippen LogP contribution in [-0.4, -0.2) is 9.97 Å². The summed E-state index contributed by atoms with van der Waals surface area (Å²) in [6, 6.07) is 1.80. The van der Waals surface area contributed by atoms with E-state index in [0.717, 1.165) is 0 Å². The number of nitrogens with zero attached hydrogens (tertiary/aromatic N) is 2. The highest BCUT2D eigenvalue weighted by atomic mass is 15.0. The van der Waals surface area contributed by atoms with Gasteiger partial charge in [-0.2, -0.15) is 5.26 Å². The Hall–Kier alpha value is -1.50. The van der Waals surface area contributed by atoms with Crippen molar-refractivity contribution in [3.8, 4) is 6.07 Å². The van der Waals surface area contributed by atoms with E-state index in [-0.39, 0.29) is 11.5 Å². The molecule has 0 bridgehead atoms. The molecule has 4 heteroatoms. The van der Waals surface area contributed by atoms with Crippen molar-refractivity contribution in [1.29, 1.82) is 5.26 Å². The van der Waals surface area contributed by atoms with Gasteiger partial charge in [0.15, 0.2) is 17.8 Å². The van der Waals surface area contributed by atoms with E-state index in [1.165, 1.54) is 0 Å². The Labute approximate surface area is 46.0 Å². The smallest absolute Gasteiger partial charge is 0.176 e. The van der Waals surface area contributed by atoms with Crippen molar-refractivity contribution in [3.05, 3.63) is 12.0 Å². The third-order valence-corrected chi connectivity index (χ3v) is 0.725. The zero-order valence-corrected chi connectivity index (χ0v) is 3.97. The summed E-state index contributed by atoms with van der Waals surface area (Å²) in [6.07, 6.45) is 2.33. The summed E-state index contributed by atoms with van der Waals surface area (Å²) in [4.78, 5) is 5.90. The van der Waals surface area contributed by atoms with Crippen LogP contribution in [0.5, 0.6) is 0 Å². The summed E-state index contributed by atoms with van der Waals surface area (Å²) >= 11 is 0. The molecule has 0 aliphatic rings. The molecule has 1 rings (SSSR count). The fourth-order valence-corrected chi connectivity index (χ4v) is 0.349. The maximum atomic E-state index is 8.19. The maximum Gasteiger partial charge on any atom is 0.176 e.